The van der Waals surface area contributed by atoms with E-state index in [-0.39, 0.29) is 12.6 Å². The molecule has 0 heterocycles. The molecule has 1 aromatic carbocycles. The molecule has 1 rings (SSSR count). The van der Waals surface area contributed by atoms with Crippen molar-refractivity contribution in [3.05, 3.63) is 44.3 Å². The van der Waals surface area contributed by atoms with Crippen LogP contribution in [0.5, 0.6) is 0 Å². The van der Waals surface area contributed by atoms with E-state index in [0.717, 1.165) is 12.0 Å². The molecule has 0 aliphatic rings. The van der Waals surface area contributed by atoms with Crippen LogP contribution in [0.3, 0.4) is 0 Å². The minimum absolute atomic E-state index is 0.136. The van der Waals surface area contributed by atoms with Crippen molar-refractivity contribution in [3.63, 3.8) is 0 Å². The van der Waals surface area contributed by atoms with E-state index in [9.17, 15) is 0 Å². The zero-order valence-electron chi connectivity index (χ0n) is 9.18. The molecule has 4 nitrogen and oxygen atoms in total. The maximum Gasteiger partial charge on any atom is 0.0639 e. The van der Waals surface area contributed by atoms with Gasteiger partial charge in [0.25, 0.3) is 0 Å². The first-order chi connectivity index (χ1) is 8.19. The second-order valence-corrected chi connectivity index (χ2v) is 4.45. The highest BCUT2D eigenvalue weighted by Crippen LogP contribution is 2.31. The van der Waals surface area contributed by atoms with Gasteiger partial charge in [-0.05, 0) is 36.1 Å². The summed E-state index contributed by atoms with van der Waals surface area (Å²) in [6.07, 6.45) is 2.12. The molecule has 0 aliphatic carbocycles. The molecule has 0 bridgehead atoms. The van der Waals surface area contributed by atoms with Crippen LogP contribution in [-0.2, 0) is 0 Å². The van der Waals surface area contributed by atoms with E-state index in [4.69, 9.17) is 33.8 Å². The van der Waals surface area contributed by atoms with Crippen LogP contribution in [0.1, 0.15) is 30.9 Å². The molecule has 17 heavy (non-hydrogen) atoms. The Hall–Kier alpha value is -0.930. The summed E-state index contributed by atoms with van der Waals surface area (Å²) in [6, 6.07) is 4.80. The average Bonchev–Trinajstić information content (AvgIpc) is 2.28. The first-order valence-corrected chi connectivity index (χ1v) is 6.04. The number of hydrogen-bond acceptors (Lipinski definition) is 2. The summed E-state index contributed by atoms with van der Waals surface area (Å²) in [5.74, 6) is 0. The van der Waals surface area contributed by atoms with Gasteiger partial charge in [0, 0.05) is 21.6 Å². The quantitative estimate of drug-likeness (QED) is 0.352. The Morgan fingerprint density at radius 3 is 2.71 bits per heavy atom. The predicted molar refractivity (Wildman–Crippen MR) is 69.3 cm³/mol. The molecule has 92 valence electrons. The van der Waals surface area contributed by atoms with E-state index < -0.39 is 0 Å². The zero-order chi connectivity index (χ0) is 12.7. The highest BCUT2D eigenvalue weighted by Gasteiger charge is 2.13. The van der Waals surface area contributed by atoms with Crippen molar-refractivity contribution in [1.82, 2.24) is 0 Å². The fourth-order valence-electron chi connectivity index (χ4n) is 1.56. The lowest BCUT2D eigenvalue weighted by Gasteiger charge is -2.13. The average molecular weight is 274 g/mol. The van der Waals surface area contributed by atoms with E-state index >= 15 is 0 Å². The van der Waals surface area contributed by atoms with E-state index in [1.165, 1.54) is 0 Å². The summed E-state index contributed by atoms with van der Waals surface area (Å²) < 4.78 is 0. The fraction of sp³-hybridized carbons (Fsp3) is 0.455. The number of azide groups is 1. The Labute approximate surface area is 110 Å². The molecule has 0 spiro atoms. The molecule has 0 radical (unpaired) electrons. The lowest BCUT2D eigenvalue weighted by Crippen LogP contribution is -1.97. The summed E-state index contributed by atoms with van der Waals surface area (Å²) in [7, 11) is 0. The van der Waals surface area contributed by atoms with Crippen LogP contribution in [0.4, 0.5) is 0 Å². The number of aliphatic hydroxyl groups excluding tert-OH is 1. The van der Waals surface area contributed by atoms with Crippen molar-refractivity contribution < 1.29 is 5.11 Å². The SMILES string of the molecule is [N-]=[N+]=NC(CCCCO)c1ccc(Cl)cc1Cl. The molecule has 0 saturated carbocycles. The molecule has 1 aromatic rings. The van der Waals surface area contributed by atoms with Crippen LogP contribution in [0.15, 0.2) is 23.3 Å². The Balaban J connectivity index is 2.85. The van der Waals surface area contributed by atoms with Gasteiger partial charge < -0.3 is 5.11 Å². The van der Waals surface area contributed by atoms with Crippen molar-refractivity contribution >= 4 is 23.2 Å². The van der Waals surface area contributed by atoms with Crippen LogP contribution in [-0.4, -0.2) is 11.7 Å². The number of benzene rings is 1. The first kappa shape index (κ1) is 14.1. The third-order valence-electron chi connectivity index (χ3n) is 2.40. The normalized spacial score (nSPS) is 11.9. The minimum Gasteiger partial charge on any atom is -0.396 e. The Morgan fingerprint density at radius 2 is 2.12 bits per heavy atom. The Morgan fingerprint density at radius 1 is 1.35 bits per heavy atom. The van der Waals surface area contributed by atoms with Gasteiger partial charge in [0.1, 0.15) is 0 Å². The maximum absolute atomic E-state index is 8.72. The molecule has 1 atom stereocenters. The summed E-state index contributed by atoms with van der Waals surface area (Å²) in [5, 5.41) is 13.5. The zero-order valence-corrected chi connectivity index (χ0v) is 10.7. The summed E-state index contributed by atoms with van der Waals surface area (Å²) >= 11 is 11.9. The molecule has 0 fully saturated rings. The molecule has 1 N–H and O–H groups in total. The van der Waals surface area contributed by atoms with Gasteiger partial charge in [0.2, 0.25) is 0 Å². The van der Waals surface area contributed by atoms with E-state index in [0.29, 0.717) is 22.9 Å². The third-order valence-corrected chi connectivity index (χ3v) is 2.96. The summed E-state index contributed by atoms with van der Waals surface area (Å²) in [4.78, 5) is 2.83. The van der Waals surface area contributed by atoms with Crippen LogP contribution >= 0.6 is 23.2 Å². The Bertz CT molecular complexity index is 419. The molecule has 0 amide bonds. The number of hydrogen-bond donors (Lipinski definition) is 1. The molecular formula is C11H13Cl2N3O. The molecule has 1 unspecified atom stereocenters. The number of nitrogens with zero attached hydrogens (tertiary/aromatic N) is 3. The molecule has 0 aliphatic heterocycles. The largest absolute Gasteiger partial charge is 0.396 e. The topological polar surface area (TPSA) is 69.0 Å². The van der Waals surface area contributed by atoms with Crippen molar-refractivity contribution in [3.8, 4) is 0 Å². The standard InChI is InChI=1S/C11H13Cl2N3O/c12-8-4-5-9(10(13)7-8)11(15-16-14)3-1-2-6-17/h4-5,7,11,17H,1-3,6H2. The molecular weight excluding hydrogens is 261 g/mol. The molecule has 0 saturated heterocycles. The Kier molecular flexibility index (Phi) is 6.16. The fourth-order valence-corrected chi connectivity index (χ4v) is 2.09. The van der Waals surface area contributed by atoms with Crippen LogP contribution < -0.4 is 0 Å². The van der Waals surface area contributed by atoms with Gasteiger partial charge in [0.05, 0.1) is 6.04 Å². The number of rotatable bonds is 6. The van der Waals surface area contributed by atoms with Gasteiger partial charge in [-0.3, -0.25) is 0 Å². The molecule has 0 aromatic heterocycles. The lowest BCUT2D eigenvalue weighted by molar-refractivity contribution is 0.281. The summed E-state index contributed by atoms with van der Waals surface area (Å²) in [6.45, 7) is 0.136. The second kappa shape index (κ2) is 7.41. The van der Waals surface area contributed by atoms with Crippen LogP contribution in [0, 0.1) is 0 Å². The predicted octanol–water partition coefficient (Wildman–Crippen LogP) is 4.51. The number of aliphatic hydroxyl groups is 1. The first-order valence-electron chi connectivity index (χ1n) is 5.29. The number of halogens is 2. The van der Waals surface area contributed by atoms with Gasteiger partial charge in [0.15, 0.2) is 0 Å². The van der Waals surface area contributed by atoms with Gasteiger partial charge >= 0.3 is 0 Å². The van der Waals surface area contributed by atoms with Crippen molar-refractivity contribution in [2.24, 2.45) is 5.11 Å². The van der Waals surface area contributed by atoms with Gasteiger partial charge in [-0.25, -0.2) is 0 Å². The monoisotopic (exact) mass is 273 g/mol. The lowest BCUT2D eigenvalue weighted by atomic mass is 10.0. The van der Waals surface area contributed by atoms with Gasteiger partial charge in [-0.15, -0.1) is 0 Å². The minimum atomic E-state index is -0.309. The highest BCUT2D eigenvalue weighted by atomic mass is 35.5. The van der Waals surface area contributed by atoms with Gasteiger partial charge in [-0.2, -0.15) is 0 Å². The van der Waals surface area contributed by atoms with Crippen molar-refractivity contribution in [2.45, 2.75) is 25.3 Å². The smallest absolute Gasteiger partial charge is 0.0639 e. The van der Waals surface area contributed by atoms with E-state index in [1.807, 2.05) is 0 Å². The highest BCUT2D eigenvalue weighted by molar-refractivity contribution is 6.35. The number of unbranched alkanes of at least 4 members (excludes halogenated alkanes) is 1. The van der Waals surface area contributed by atoms with Crippen molar-refractivity contribution in [1.29, 1.82) is 0 Å². The van der Waals surface area contributed by atoms with E-state index in [1.54, 1.807) is 18.2 Å². The second-order valence-electron chi connectivity index (χ2n) is 3.61. The van der Waals surface area contributed by atoms with Crippen LogP contribution in [0.25, 0.3) is 10.4 Å². The third kappa shape index (κ3) is 4.44. The van der Waals surface area contributed by atoms with Gasteiger partial charge in [-0.1, -0.05) is 40.8 Å². The van der Waals surface area contributed by atoms with Crippen molar-refractivity contribution in [2.75, 3.05) is 6.61 Å². The summed E-state index contributed by atoms with van der Waals surface area (Å²) in [5.41, 5.74) is 9.31. The van der Waals surface area contributed by atoms with E-state index in [2.05, 4.69) is 10.0 Å². The van der Waals surface area contributed by atoms with Crippen LogP contribution in [0.2, 0.25) is 10.0 Å². The maximum atomic E-state index is 8.72. The molecule has 6 heteroatoms.